The topological polar surface area (TPSA) is 57.5 Å². The van der Waals surface area contributed by atoms with Gasteiger partial charge in [0.2, 0.25) is 0 Å². The van der Waals surface area contributed by atoms with Crippen LogP contribution in [0.4, 0.5) is 4.39 Å². The molecule has 3 nitrogen and oxygen atoms in total. The fraction of sp³-hybridized carbons (Fsp3) is 0.364. The molecule has 1 rings (SSSR count). The van der Waals surface area contributed by atoms with Gasteiger partial charge in [0, 0.05) is 5.41 Å². The number of hydrogen-bond donors (Lipinski definition) is 2. The Kier molecular flexibility index (Phi) is 3.57. The van der Waals surface area contributed by atoms with Gasteiger partial charge in [0.15, 0.2) is 11.6 Å². The van der Waals surface area contributed by atoms with Crippen LogP contribution >= 0.6 is 15.9 Å². The molecule has 5 heteroatoms. The van der Waals surface area contributed by atoms with E-state index in [2.05, 4.69) is 15.9 Å². The number of phenols is 1. The monoisotopic (exact) mass is 290 g/mol. The van der Waals surface area contributed by atoms with Crippen LogP contribution in [0.2, 0.25) is 0 Å². The number of halogens is 2. The van der Waals surface area contributed by atoms with E-state index in [0.29, 0.717) is 5.56 Å². The number of benzene rings is 1. The first-order chi connectivity index (χ1) is 7.24. The molecular formula is C11H12BrFO3. The Balaban J connectivity index is 3.18. The molecule has 16 heavy (non-hydrogen) atoms. The van der Waals surface area contributed by atoms with Crippen molar-refractivity contribution in [1.29, 1.82) is 0 Å². The Labute approximate surface area is 101 Å². The van der Waals surface area contributed by atoms with E-state index >= 15 is 0 Å². The first-order valence-corrected chi connectivity index (χ1v) is 5.43. The maximum Gasteiger partial charge on any atom is 0.304 e. The minimum Gasteiger partial charge on any atom is -0.504 e. The van der Waals surface area contributed by atoms with E-state index in [1.165, 1.54) is 6.07 Å². The van der Waals surface area contributed by atoms with Crippen LogP contribution in [-0.4, -0.2) is 16.2 Å². The highest BCUT2D eigenvalue weighted by molar-refractivity contribution is 9.10. The summed E-state index contributed by atoms with van der Waals surface area (Å²) in [6.07, 6.45) is -0.107. The minimum atomic E-state index is -0.949. The molecule has 0 aliphatic heterocycles. The van der Waals surface area contributed by atoms with Gasteiger partial charge in [-0.05, 0) is 33.6 Å². The molecule has 0 bridgehead atoms. The van der Waals surface area contributed by atoms with Crippen LogP contribution in [0.25, 0.3) is 0 Å². The predicted molar refractivity (Wildman–Crippen MR) is 61.0 cm³/mol. The molecule has 0 radical (unpaired) electrons. The average molecular weight is 291 g/mol. The van der Waals surface area contributed by atoms with Crippen LogP contribution in [0.15, 0.2) is 16.6 Å². The zero-order valence-electron chi connectivity index (χ0n) is 8.92. The molecule has 0 fully saturated rings. The van der Waals surface area contributed by atoms with Crippen molar-refractivity contribution in [2.45, 2.75) is 25.7 Å². The molecule has 0 heterocycles. The van der Waals surface area contributed by atoms with Crippen LogP contribution in [-0.2, 0) is 10.2 Å². The second kappa shape index (κ2) is 4.41. The Morgan fingerprint density at radius 2 is 2.06 bits per heavy atom. The highest BCUT2D eigenvalue weighted by Gasteiger charge is 2.26. The quantitative estimate of drug-likeness (QED) is 0.900. The molecular weight excluding hydrogens is 279 g/mol. The number of carboxylic acids is 1. The molecule has 0 spiro atoms. The fourth-order valence-corrected chi connectivity index (χ4v) is 1.87. The van der Waals surface area contributed by atoms with Gasteiger partial charge in [-0.3, -0.25) is 4.79 Å². The van der Waals surface area contributed by atoms with Crippen LogP contribution in [0.3, 0.4) is 0 Å². The van der Waals surface area contributed by atoms with Gasteiger partial charge in [0.05, 0.1) is 10.9 Å². The minimum absolute atomic E-state index is 0.107. The molecule has 1 aromatic rings. The van der Waals surface area contributed by atoms with E-state index < -0.39 is 23.0 Å². The Morgan fingerprint density at radius 3 is 2.50 bits per heavy atom. The van der Waals surface area contributed by atoms with Crippen LogP contribution in [0.5, 0.6) is 5.75 Å². The summed E-state index contributed by atoms with van der Waals surface area (Å²) in [5, 5.41) is 18.0. The summed E-state index contributed by atoms with van der Waals surface area (Å²) < 4.78 is 13.5. The summed E-state index contributed by atoms with van der Waals surface area (Å²) in [5.74, 6) is -2.17. The van der Waals surface area contributed by atoms with Gasteiger partial charge in [-0.2, -0.15) is 0 Å². The predicted octanol–water partition coefficient (Wildman–Crippen LogP) is 3.05. The number of hydrogen-bond acceptors (Lipinski definition) is 2. The molecule has 2 N–H and O–H groups in total. The van der Waals surface area contributed by atoms with Crippen molar-refractivity contribution in [3.05, 3.63) is 28.0 Å². The van der Waals surface area contributed by atoms with E-state index in [9.17, 15) is 14.3 Å². The van der Waals surface area contributed by atoms with Crippen molar-refractivity contribution in [2.24, 2.45) is 0 Å². The molecule has 0 aromatic heterocycles. The second-order valence-electron chi connectivity index (χ2n) is 4.24. The van der Waals surface area contributed by atoms with Crippen LogP contribution < -0.4 is 0 Å². The molecule has 0 amide bonds. The van der Waals surface area contributed by atoms with E-state index in [4.69, 9.17) is 5.11 Å². The fourth-order valence-electron chi connectivity index (χ4n) is 1.44. The zero-order valence-corrected chi connectivity index (χ0v) is 10.5. The van der Waals surface area contributed by atoms with E-state index in [1.54, 1.807) is 13.8 Å². The summed E-state index contributed by atoms with van der Waals surface area (Å²) in [6.45, 7) is 3.42. The maximum atomic E-state index is 13.3. The van der Waals surface area contributed by atoms with E-state index in [1.807, 2.05) is 0 Å². The second-order valence-corrected chi connectivity index (χ2v) is 5.10. The lowest BCUT2D eigenvalue weighted by atomic mass is 9.81. The average Bonchev–Trinajstić information content (AvgIpc) is 2.11. The normalized spacial score (nSPS) is 11.5. The van der Waals surface area contributed by atoms with Gasteiger partial charge < -0.3 is 10.2 Å². The molecule has 1 aromatic carbocycles. The standard InChI is InChI=1S/C11H12BrFO3/c1-11(2,5-9(14)15)6-3-7(12)10(16)8(13)4-6/h3-4,16H,5H2,1-2H3,(H,14,15). The van der Waals surface area contributed by atoms with Gasteiger partial charge in [-0.1, -0.05) is 13.8 Å². The highest BCUT2D eigenvalue weighted by Crippen LogP contribution is 2.34. The SMILES string of the molecule is CC(C)(CC(=O)O)c1cc(F)c(O)c(Br)c1. The lowest BCUT2D eigenvalue weighted by Gasteiger charge is -2.23. The number of phenolic OH excluding ortho intramolecular Hbond substituents is 1. The van der Waals surface area contributed by atoms with E-state index in [0.717, 1.165) is 6.07 Å². The number of rotatable bonds is 3. The van der Waals surface area contributed by atoms with Crippen molar-refractivity contribution < 1.29 is 19.4 Å². The Hall–Kier alpha value is -1.10. The molecule has 0 unspecified atom stereocenters. The molecule has 0 saturated heterocycles. The molecule has 88 valence electrons. The van der Waals surface area contributed by atoms with Gasteiger partial charge in [0.1, 0.15) is 0 Å². The Bertz CT molecular complexity index is 406. The number of carboxylic acid groups (broad SMARTS) is 1. The summed E-state index contributed by atoms with van der Waals surface area (Å²) in [5.41, 5.74) is -0.167. The highest BCUT2D eigenvalue weighted by atomic mass is 79.9. The van der Waals surface area contributed by atoms with E-state index in [-0.39, 0.29) is 10.9 Å². The summed E-state index contributed by atoms with van der Waals surface area (Å²) in [6, 6.07) is 2.68. The molecule has 0 atom stereocenters. The third-order valence-corrected chi connectivity index (χ3v) is 3.00. The van der Waals surface area contributed by atoms with Gasteiger partial charge in [-0.15, -0.1) is 0 Å². The largest absolute Gasteiger partial charge is 0.504 e. The maximum absolute atomic E-state index is 13.3. The molecule has 0 saturated carbocycles. The Morgan fingerprint density at radius 1 is 1.50 bits per heavy atom. The lowest BCUT2D eigenvalue weighted by Crippen LogP contribution is -2.21. The zero-order chi connectivity index (χ0) is 12.5. The van der Waals surface area contributed by atoms with Crippen LogP contribution in [0.1, 0.15) is 25.8 Å². The summed E-state index contributed by atoms with van der Waals surface area (Å²) >= 11 is 3.02. The molecule has 0 aliphatic carbocycles. The summed E-state index contributed by atoms with van der Waals surface area (Å²) in [4.78, 5) is 10.7. The first-order valence-electron chi connectivity index (χ1n) is 4.64. The number of aliphatic carboxylic acids is 1. The van der Waals surface area contributed by atoms with Crippen molar-refractivity contribution in [1.82, 2.24) is 0 Å². The van der Waals surface area contributed by atoms with Crippen molar-refractivity contribution in [3.8, 4) is 5.75 Å². The summed E-state index contributed by atoms with van der Waals surface area (Å²) in [7, 11) is 0. The van der Waals surface area contributed by atoms with Crippen LogP contribution in [0, 0.1) is 5.82 Å². The number of carbonyl (C=O) groups is 1. The first kappa shape index (κ1) is 13.0. The van der Waals surface area contributed by atoms with Crippen molar-refractivity contribution in [2.75, 3.05) is 0 Å². The molecule has 0 aliphatic rings. The number of aromatic hydroxyl groups is 1. The van der Waals surface area contributed by atoms with Crippen molar-refractivity contribution in [3.63, 3.8) is 0 Å². The van der Waals surface area contributed by atoms with Gasteiger partial charge in [0.25, 0.3) is 0 Å². The third-order valence-electron chi connectivity index (χ3n) is 2.39. The lowest BCUT2D eigenvalue weighted by molar-refractivity contribution is -0.138. The smallest absolute Gasteiger partial charge is 0.304 e. The third kappa shape index (κ3) is 2.72. The van der Waals surface area contributed by atoms with Gasteiger partial charge >= 0.3 is 5.97 Å². The van der Waals surface area contributed by atoms with Gasteiger partial charge in [-0.25, -0.2) is 4.39 Å². The van der Waals surface area contributed by atoms with Crippen molar-refractivity contribution >= 4 is 21.9 Å².